The van der Waals surface area contributed by atoms with Gasteiger partial charge in [0.15, 0.2) is 0 Å². The average molecular weight is 279 g/mol. The summed E-state index contributed by atoms with van der Waals surface area (Å²) in [6.45, 7) is 3.81. The molecule has 1 aromatic carbocycles. The number of nitrogens with zero attached hydrogens (tertiary/aromatic N) is 1. The Morgan fingerprint density at radius 2 is 2.15 bits per heavy atom. The second kappa shape index (κ2) is 5.38. The molecule has 0 atom stereocenters. The van der Waals surface area contributed by atoms with Crippen molar-refractivity contribution in [3.63, 3.8) is 0 Å². The van der Waals surface area contributed by atoms with Gasteiger partial charge in [0.1, 0.15) is 11.4 Å². The van der Waals surface area contributed by atoms with E-state index < -0.39 is 0 Å². The van der Waals surface area contributed by atoms with E-state index in [1.807, 2.05) is 0 Å². The van der Waals surface area contributed by atoms with Crippen molar-refractivity contribution < 1.29 is 13.9 Å². The van der Waals surface area contributed by atoms with Crippen LogP contribution in [0.3, 0.4) is 0 Å². The van der Waals surface area contributed by atoms with Gasteiger partial charge < -0.3 is 20.3 Å². The first-order valence-corrected chi connectivity index (χ1v) is 6.79. The Labute approximate surface area is 117 Å². The first kappa shape index (κ1) is 13.3. The monoisotopic (exact) mass is 279 g/mol. The fourth-order valence-electron chi connectivity index (χ4n) is 2.53. The summed E-state index contributed by atoms with van der Waals surface area (Å²) in [7, 11) is 0. The van der Waals surface area contributed by atoms with Gasteiger partial charge in [-0.25, -0.2) is 9.18 Å². The first-order chi connectivity index (χ1) is 9.67. The normalized spacial score (nSPS) is 20.6. The molecule has 20 heavy (non-hydrogen) atoms. The predicted octanol–water partition coefficient (Wildman–Crippen LogP) is 0.710. The number of ether oxygens (including phenoxy) is 1. The second-order valence-electron chi connectivity index (χ2n) is 5.34. The molecule has 2 aliphatic heterocycles. The second-order valence-corrected chi connectivity index (χ2v) is 5.34. The van der Waals surface area contributed by atoms with Crippen molar-refractivity contribution >= 4 is 6.03 Å². The molecule has 2 saturated heterocycles. The quantitative estimate of drug-likeness (QED) is 0.838. The molecule has 2 aliphatic rings. The van der Waals surface area contributed by atoms with Crippen molar-refractivity contribution in [2.45, 2.75) is 12.1 Å². The Bertz CT molecular complexity index is 488. The van der Waals surface area contributed by atoms with Crippen LogP contribution in [0.5, 0.6) is 0 Å². The molecular weight excluding hydrogens is 261 g/mol. The molecule has 108 valence electrons. The molecule has 0 aliphatic carbocycles. The first-order valence-electron chi connectivity index (χ1n) is 6.79. The maximum absolute atomic E-state index is 12.8. The van der Waals surface area contributed by atoms with Crippen LogP contribution in [0.2, 0.25) is 0 Å². The van der Waals surface area contributed by atoms with Crippen LogP contribution in [0.4, 0.5) is 9.18 Å². The molecule has 0 bridgehead atoms. The Morgan fingerprint density at radius 1 is 1.40 bits per heavy atom. The molecular formula is C14H18FN3O2. The maximum atomic E-state index is 12.8. The number of nitrogens with one attached hydrogen (secondary N) is 2. The highest BCUT2D eigenvalue weighted by Crippen LogP contribution is 2.22. The molecule has 1 aromatic rings. The average Bonchev–Trinajstić information content (AvgIpc) is 2.45. The number of benzene rings is 1. The highest BCUT2D eigenvalue weighted by Gasteiger charge is 2.43. The van der Waals surface area contributed by atoms with E-state index in [4.69, 9.17) is 4.74 Å². The molecule has 0 aromatic heterocycles. The molecule has 3 rings (SSSR count). The van der Waals surface area contributed by atoms with E-state index in [0.29, 0.717) is 26.2 Å². The lowest BCUT2D eigenvalue weighted by Crippen LogP contribution is -2.69. The third kappa shape index (κ3) is 2.76. The summed E-state index contributed by atoms with van der Waals surface area (Å²) in [5, 5.41) is 6.04. The van der Waals surface area contributed by atoms with E-state index in [-0.39, 0.29) is 17.4 Å². The van der Waals surface area contributed by atoms with E-state index in [0.717, 1.165) is 18.7 Å². The molecule has 0 radical (unpaired) electrons. The van der Waals surface area contributed by atoms with Crippen LogP contribution in [0, 0.1) is 5.82 Å². The van der Waals surface area contributed by atoms with Crippen LogP contribution >= 0.6 is 0 Å². The van der Waals surface area contributed by atoms with Crippen molar-refractivity contribution in [2.75, 3.05) is 32.8 Å². The van der Waals surface area contributed by atoms with Crippen molar-refractivity contribution in [3.8, 4) is 0 Å². The molecule has 6 heteroatoms. The van der Waals surface area contributed by atoms with Gasteiger partial charge in [-0.3, -0.25) is 0 Å². The number of carbonyl (C=O) groups is 1. The number of carbonyl (C=O) groups excluding carboxylic acids is 1. The highest BCUT2D eigenvalue weighted by molar-refractivity contribution is 5.74. The topological polar surface area (TPSA) is 53.6 Å². The van der Waals surface area contributed by atoms with E-state index in [2.05, 4.69) is 10.6 Å². The number of hydrogen-bond acceptors (Lipinski definition) is 3. The van der Waals surface area contributed by atoms with Crippen molar-refractivity contribution in [3.05, 3.63) is 35.6 Å². The fraction of sp³-hybridized carbons (Fsp3) is 0.500. The largest absolute Gasteiger partial charge is 0.369 e. The van der Waals surface area contributed by atoms with Gasteiger partial charge in [0.05, 0.1) is 13.2 Å². The fourth-order valence-corrected chi connectivity index (χ4v) is 2.53. The van der Waals surface area contributed by atoms with Crippen LogP contribution in [-0.4, -0.2) is 49.3 Å². The molecule has 1 spiro atoms. The predicted molar refractivity (Wildman–Crippen MR) is 71.8 cm³/mol. The number of morpholine rings is 1. The summed E-state index contributed by atoms with van der Waals surface area (Å²) in [5.41, 5.74) is 0.693. The van der Waals surface area contributed by atoms with Crippen LogP contribution in [0.15, 0.2) is 24.3 Å². The minimum absolute atomic E-state index is 0.0936. The van der Waals surface area contributed by atoms with Crippen molar-refractivity contribution in [2.24, 2.45) is 0 Å². The summed E-state index contributed by atoms with van der Waals surface area (Å²) < 4.78 is 18.5. The Kier molecular flexibility index (Phi) is 3.58. The Balaban J connectivity index is 1.52. The van der Waals surface area contributed by atoms with Gasteiger partial charge in [-0.1, -0.05) is 12.1 Å². The smallest absolute Gasteiger partial charge is 0.317 e. The van der Waals surface area contributed by atoms with Crippen molar-refractivity contribution in [1.82, 2.24) is 15.5 Å². The maximum Gasteiger partial charge on any atom is 0.317 e. The number of hydrogen-bond donors (Lipinski definition) is 2. The molecule has 2 heterocycles. The van der Waals surface area contributed by atoms with Gasteiger partial charge in [-0.2, -0.15) is 0 Å². The lowest BCUT2D eigenvalue weighted by molar-refractivity contribution is -0.125. The minimum Gasteiger partial charge on any atom is -0.369 e. The molecule has 5 nitrogen and oxygen atoms in total. The summed E-state index contributed by atoms with van der Waals surface area (Å²) in [6.07, 6.45) is 0. The summed E-state index contributed by atoms with van der Waals surface area (Å²) in [5.74, 6) is -0.271. The third-order valence-electron chi connectivity index (χ3n) is 3.79. The van der Waals surface area contributed by atoms with Crippen LogP contribution < -0.4 is 10.6 Å². The van der Waals surface area contributed by atoms with Gasteiger partial charge in [-0.05, 0) is 17.7 Å². The third-order valence-corrected chi connectivity index (χ3v) is 3.79. The lowest BCUT2D eigenvalue weighted by atomic mass is 9.95. The Hall–Kier alpha value is -1.66. The van der Waals surface area contributed by atoms with Gasteiger partial charge >= 0.3 is 6.03 Å². The summed E-state index contributed by atoms with van der Waals surface area (Å²) in [6, 6.07) is 6.04. The van der Waals surface area contributed by atoms with E-state index in [1.165, 1.54) is 12.1 Å². The zero-order valence-corrected chi connectivity index (χ0v) is 11.2. The highest BCUT2D eigenvalue weighted by atomic mass is 19.1. The van der Waals surface area contributed by atoms with Gasteiger partial charge in [0, 0.05) is 26.2 Å². The molecule has 2 N–H and O–H groups in total. The zero-order valence-electron chi connectivity index (χ0n) is 11.2. The zero-order chi connectivity index (χ0) is 14.0. The Morgan fingerprint density at radius 3 is 2.80 bits per heavy atom. The van der Waals surface area contributed by atoms with Crippen molar-refractivity contribution in [1.29, 1.82) is 0 Å². The number of urea groups is 1. The minimum atomic E-state index is -0.271. The lowest BCUT2D eigenvalue weighted by Gasteiger charge is -2.48. The number of amides is 2. The van der Waals surface area contributed by atoms with Crippen LogP contribution in [0.25, 0.3) is 0 Å². The molecule has 2 fully saturated rings. The standard InChI is InChI=1S/C14H18FN3O2/c15-12-3-1-11(2-4-12)7-17-13(19)18-5-6-20-14(10-18)8-16-9-14/h1-4,16H,5-10H2,(H,17,19). The molecule has 0 saturated carbocycles. The van der Waals surface area contributed by atoms with Gasteiger partial charge in [0.2, 0.25) is 0 Å². The number of halogens is 1. The molecule has 0 unspecified atom stereocenters. The SMILES string of the molecule is O=C(NCc1ccc(F)cc1)N1CCOC2(CNC2)C1. The van der Waals surface area contributed by atoms with Gasteiger partial charge in [-0.15, -0.1) is 0 Å². The summed E-state index contributed by atoms with van der Waals surface area (Å²) in [4.78, 5) is 13.9. The summed E-state index contributed by atoms with van der Waals surface area (Å²) >= 11 is 0. The number of rotatable bonds is 2. The van der Waals surface area contributed by atoms with E-state index >= 15 is 0 Å². The van der Waals surface area contributed by atoms with Crippen LogP contribution in [-0.2, 0) is 11.3 Å². The van der Waals surface area contributed by atoms with E-state index in [1.54, 1.807) is 17.0 Å². The van der Waals surface area contributed by atoms with Crippen LogP contribution in [0.1, 0.15) is 5.56 Å². The van der Waals surface area contributed by atoms with Gasteiger partial charge in [0.25, 0.3) is 0 Å². The van der Waals surface area contributed by atoms with E-state index in [9.17, 15) is 9.18 Å². The molecule has 2 amide bonds.